The maximum Gasteiger partial charge on any atom is 0.119 e. The number of nitrogens with two attached hydrogens (primary N) is 1. The van der Waals surface area contributed by atoms with Crippen LogP contribution in [0, 0.1) is 6.92 Å². The predicted molar refractivity (Wildman–Crippen MR) is 71.5 cm³/mol. The van der Waals surface area contributed by atoms with E-state index >= 15 is 0 Å². The minimum Gasteiger partial charge on any atom is -0.497 e. The first-order valence-corrected chi connectivity index (χ1v) is 6.57. The summed E-state index contributed by atoms with van der Waals surface area (Å²) < 4.78 is 5.27. The van der Waals surface area contributed by atoms with Gasteiger partial charge in [-0.15, -0.1) is 0 Å². The lowest BCUT2D eigenvalue weighted by Crippen LogP contribution is -2.37. The number of benzene rings is 1. The standard InChI is InChI=1S/C15H23NO/c1-12-10-13(17-2)6-7-14(12)15(11-16)8-4-3-5-9-15/h6-7,10H,3-5,8-9,11,16H2,1-2H3. The number of hydrogen-bond donors (Lipinski definition) is 1. The van der Waals surface area contributed by atoms with Crippen LogP contribution in [0.2, 0.25) is 0 Å². The molecule has 1 aliphatic carbocycles. The van der Waals surface area contributed by atoms with Crippen LogP contribution in [0.5, 0.6) is 5.75 Å². The van der Waals surface area contributed by atoms with Crippen molar-refractivity contribution in [2.24, 2.45) is 5.73 Å². The quantitative estimate of drug-likeness (QED) is 0.870. The molecular weight excluding hydrogens is 210 g/mol. The summed E-state index contributed by atoms with van der Waals surface area (Å²) in [5, 5.41) is 0. The largest absolute Gasteiger partial charge is 0.497 e. The van der Waals surface area contributed by atoms with Crippen LogP contribution in [0.4, 0.5) is 0 Å². The summed E-state index contributed by atoms with van der Waals surface area (Å²) in [6.07, 6.45) is 6.44. The second kappa shape index (κ2) is 5.09. The van der Waals surface area contributed by atoms with Gasteiger partial charge in [-0.3, -0.25) is 0 Å². The van der Waals surface area contributed by atoms with Gasteiger partial charge in [0.1, 0.15) is 5.75 Å². The molecular formula is C15H23NO. The van der Waals surface area contributed by atoms with E-state index in [4.69, 9.17) is 10.5 Å². The van der Waals surface area contributed by atoms with Gasteiger partial charge < -0.3 is 10.5 Å². The normalized spacial score (nSPS) is 19.0. The van der Waals surface area contributed by atoms with Crippen LogP contribution in [0.25, 0.3) is 0 Å². The molecule has 1 aromatic carbocycles. The van der Waals surface area contributed by atoms with Gasteiger partial charge in [-0.1, -0.05) is 25.3 Å². The first-order valence-electron chi connectivity index (χ1n) is 6.57. The summed E-state index contributed by atoms with van der Waals surface area (Å²) in [5.74, 6) is 0.939. The Hall–Kier alpha value is -1.02. The number of ether oxygens (including phenoxy) is 1. The first kappa shape index (κ1) is 12.4. The van der Waals surface area contributed by atoms with Gasteiger partial charge in [-0.2, -0.15) is 0 Å². The first-order chi connectivity index (χ1) is 8.22. The van der Waals surface area contributed by atoms with Crippen LogP contribution in [0.1, 0.15) is 43.2 Å². The Bertz CT molecular complexity index is 381. The molecule has 0 atom stereocenters. The third-order valence-electron chi connectivity index (χ3n) is 4.21. The van der Waals surface area contributed by atoms with Crippen molar-refractivity contribution in [1.82, 2.24) is 0 Å². The molecule has 0 amide bonds. The Labute approximate surface area is 104 Å². The van der Waals surface area contributed by atoms with E-state index in [1.165, 1.54) is 43.2 Å². The number of aryl methyl sites for hydroxylation is 1. The van der Waals surface area contributed by atoms with Gasteiger partial charge in [0.15, 0.2) is 0 Å². The summed E-state index contributed by atoms with van der Waals surface area (Å²) in [6.45, 7) is 2.93. The molecule has 0 aromatic heterocycles. The van der Waals surface area contributed by atoms with Gasteiger partial charge >= 0.3 is 0 Å². The molecule has 0 aliphatic heterocycles. The maximum atomic E-state index is 6.08. The molecule has 2 nitrogen and oxygen atoms in total. The molecule has 2 rings (SSSR count). The van der Waals surface area contributed by atoms with E-state index in [9.17, 15) is 0 Å². The number of methoxy groups -OCH3 is 1. The average Bonchev–Trinajstić information content (AvgIpc) is 2.39. The molecule has 0 radical (unpaired) electrons. The zero-order valence-corrected chi connectivity index (χ0v) is 11.0. The van der Waals surface area contributed by atoms with Crippen LogP contribution in [0.3, 0.4) is 0 Å². The topological polar surface area (TPSA) is 35.2 Å². The summed E-state index contributed by atoms with van der Waals surface area (Å²) >= 11 is 0. The SMILES string of the molecule is COc1ccc(C2(CN)CCCCC2)c(C)c1. The van der Waals surface area contributed by atoms with Crippen molar-refractivity contribution in [2.75, 3.05) is 13.7 Å². The third-order valence-corrected chi connectivity index (χ3v) is 4.21. The minimum atomic E-state index is 0.217. The van der Waals surface area contributed by atoms with Crippen LogP contribution in [-0.4, -0.2) is 13.7 Å². The Kier molecular flexibility index (Phi) is 3.72. The lowest BCUT2D eigenvalue weighted by atomic mass is 9.68. The zero-order chi connectivity index (χ0) is 12.3. The average molecular weight is 233 g/mol. The second-order valence-corrected chi connectivity index (χ2v) is 5.23. The van der Waals surface area contributed by atoms with Crippen molar-refractivity contribution < 1.29 is 4.74 Å². The molecule has 1 aromatic rings. The second-order valence-electron chi connectivity index (χ2n) is 5.23. The molecule has 1 aliphatic rings. The predicted octanol–water partition coefficient (Wildman–Crippen LogP) is 3.16. The molecule has 1 saturated carbocycles. The fourth-order valence-corrected chi connectivity index (χ4v) is 3.17. The molecule has 0 bridgehead atoms. The summed E-state index contributed by atoms with van der Waals surface area (Å²) in [4.78, 5) is 0. The molecule has 1 fully saturated rings. The Balaban J connectivity index is 2.36. The molecule has 0 saturated heterocycles. The van der Waals surface area contributed by atoms with Crippen molar-refractivity contribution >= 4 is 0 Å². The van der Waals surface area contributed by atoms with Crippen LogP contribution in [0.15, 0.2) is 18.2 Å². The van der Waals surface area contributed by atoms with Gasteiger partial charge in [0.05, 0.1) is 7.11 Å². The third kappa shape index (κ3) is 2.32. The van der Waals surface area contributed by atoms with E-state index in [0.29, 0.717) is 0 Å². The van der Waals surface area contributed by atoms with E-state index in [-0.39, 0.29) is 5.41 Å². The lowest BCUT2D eigenvalue weighted by Gasteiger charge is -2.38. The Morgan fingerprint density at radius 2 is 1.94 bits per heavy atom. The Morgan fingerprint density at radius 3 is 2.47 bits per heavy atom. The molecule has 0 heterocycles. The smallest absolute Gasteiger partial charge is 0.119 e. The maximum absolute atomic E-state index is 6.08. The molecule has 2 N–H and O–H groups in total. The molecule has 94 valence electrons. The van der Waals surface area contributed by atoms with Gasteiger partial charge in [0.2, 0.25) is 0 Å². The van der Waals surface area contributed by atoms with Crippen LogP contribution in [-0.2, 0) is 5.41 Å². The van der Waals surface area contributed by atoms with Gasteiger partial charge in [-0.05, 0) is 43.0 Å². The summed E-state index contributed by atoms with van der Waals surface area (Å²) in [5.41, 5.74) is 9.04. The fourth-order valence-electron chi connectivity index (χ4n) is 3.17. The molecule has 2 heteroatoms. The van der Waals surface area contributed by atoms with Crippen molar-refractivity contribution in [3.05, 3.63) is 29.3 Å². The van der Waals surface area contributed by atoms with E-state index < -0.39 is 0 Å². The van der Waals surface area contributed by atoms with Crippen molar-refractivity contribution in [2.45, 2.75) is 44.4 Å². The highest BCUT2D eigenvalue weighted by Crippen LogP contribution is 2.40. The monoisotopic (exact) mass is 233 g/mol. The Morgan fingerprint density at radius 1 is 1.24 bits per heavy atom. The van der Waals surface area contributed by atoms with Crippen LogP contribution >= 0.6 is 0 Å². The van der Waals surface area contributed by atoms with Crippen LogP contribution < -0.4 is 10.5 Å². The number of rotatable bonds is 3. The minimum absolute atomic E-state index is 0.217. The van der Waals surface area contributed by atoms with E-state index in [0.717, 1.165) is 12.3 Å². The van der Waals surface area contributed by atoms with Crippen molar-refractivity contribution in [3.63, 3.8) is 0 Å². The van der Waals surface area contributed by atoms with E-state index in [2.05, 4.69) is 25.1 Å². The molecule has 17 heavy (non-hydrogen) atoms. The molecule has 0 unspecified atom stereocenters. The van der Waals surface area contributed by atoms with Crippen molar-refractivity contribution in [1.29, 1.82) is 0 Å². The zero-order valence-electron chi connectivity index (χ0n) is 11.0. The van der Waals surface area contributed by atoms with Gasteiger partial charge in [0, 0.05) is 12.0 Å². The fraction of sp³-hybridized carbons (Fsp3) is 0.600. The summed E-state index contributed by atoms with van der Waals surface area (Å²) in [6, 6.07) is 6.40. The highest BCUT2D eigenvalue weighted by atomic mass is 16.5. The van der Waals surface area contributed by atoms with E-state index in [1.54, 1.807) is 7.11 Å². The van der Waals surface area contributed by atoms with E-state index in [1.807, 2.05) is 0 Å². The van der Waals surface area contributed by atoms with Gasteiger partial charge in [-0.25, -0.2) is 0 Å². The van der Waals surface area contributed by atoms with Crippen molar-refractivity contribution in [3.8, 4) is 5.75 Å². The highest BCUT2D eigenvalue weighted by Gasteiger charge is 2.33. The molecule has 0 spiro atoms. The van der Waals surface area contributed by atoms with Gasteiger partial charge in [0.25, 0.3) is 0 Å². The number of hydrogen-bond acceptors (Lipinski definition) is 2. The highest BCUT2D eigenvalue weighted by molar-refractivity contribution is 5.40. The lowest BCUT2D eigenvalue weighted by molar-refractivity contribution is 0.299. The summed E-state index contributed by atoms with van der Waals surface area (Å²) in [7, 11) is 1.72.